The third-order valence-electron chi connectivity index (χ3n) is 6.28. The molecule has 4 rings (SSSR count). The highest BCUT2D eigenvalue weighted by Gasteiger charge is 2.48. The molecule has 1 fully saturated rings. The molecule has 0 aromatic heterocycles. The van der Waals surface area contributed by atoms with Crippen LogP contribution in [0.2, 0.25) is 0 Å². The predicted octanol–water partition coefficient (Wildman–Crippen LogP) is 3.94. The fraction of sp³-hybridized carbons (Fsp3) is 0.700. The van der Waals surface area contributed by atoms with Crippen molar-refractivity contribution in [2.75, 3.05) is 26.2 Å². The number of allylic oxidation sites excluding steroid dienone is 2. The zero-order chi connectivity index (χ0) is 16.0. The minimum absolute atomic E-state index is 0. The van der Waals surface area contributed by atoms with Crippen molar-refractivity contribution in [3.63, 3.8) is 0 Å². The van der Waals surface area contributed by atoms with Gasteiger partial charge in [0.25, 0.3) is 0 Å². The van der Waals surface area contributed by atoms with Crippen molar-refractivity contribution in [3.8, 4) is 0 Å². The zero-order valence-electron chi connectivity index (χ0n) is 15.4. The quantitative estimate of drug-likeness (QED) is 0.718. The van der Waals surface area contributed by atoms with E-state index in [1.807, 2.05) is 0 Å². The van der Waals surface area contributed by atoms with Crippen LogP contribution in [0, 0.1) is 0 Å². The monoisotopic (exact) mass is 393 g/mol. The van der Waals surface area contributed by atoms with Crippen LogP contribution in [0.3, 0.4) is 0 Å². The van der Waals surface area contributed by atoms with E-state index in [2.05, 4.69) is 53.8 Å². The van der Waals surface area contributed by atoms with E-state index in [0.717, 1.165) is 0 Å². The van der Waals surface area contributed by atoms with Gasteiger partial charge in [-0.15, -0.1) is 17.0 Å². The highest BCUT2D eigenvalue weighted by atomic mass is 79.9. The molecule has 0 N–H and O–H groups in total. The van der Waals surface area contributed by atoms with Gasteiger partial charge in [-0.05, 0) is 62.9 Å². The lowest BCUT2D eigenvalue weighted by Crippen LogP contribution is -2.67. The van der Waals surface area contributed by atoms with Crippen molar-refractivity contribution in [1.82, 2.24) is 14.7 Å². The number of nitrogens with zero attached hydrogens (tertiary/aromatic N) is 3. The molecule has 1 aliphatic carbocycles. The second-order valence-corrected chi connectivity index (χ2v) is 7.58. The minimum atomic E-state index is 0. The maximum absolute atomic E-state index is 2.76. The lowest BCUT2D eigenvalue weighted by Gasteiger charge is -2.54. The molecule has 3 atom stereocenters. The average molecular weight is 394 g/mol. The van der Waals surface area contributed by atoms with Gasteiger partial charge in [-0.25, -0.2) is 0 Å². The SMILES string of the molecule is Br.CCCN1CCN(CC)[C@@H]2C1C(C)=CN1C3=C(CCC=C3)C[C@@H]21. The Balaban J connectivity index is 0.00000169. The van der Waals surface area contributed by atoms with E-state index in [-0.39, 0.29) is 17.0 Å². The van der Waals surface area contributed by atoms with Gasteiger partial charge in [-0.1, -0.05) is 19.9 Å². The van der Waals surface area contributed by atoms with Crippen LogP contribution in [-0.2, 0) is 0 Å². The number of halogens is 1. The highest BCUT2D eigenvalue weighted by molar-refractivity contribution is 8.93. The normalized spacial score (nSPS) is 32.9. The second kappa shape index (κ2) is 7.35. The molecule has 3 aliphatic heterocycles. The topological polar surface area (TPSA) is 9.72 Å². The summed E-state index contributed by atoms with van der Waals surface area (Å²) in [4.78, 5) is 8.14. The van der Waals surface area contributed by atoms with Crippen molar-refractivity contribution in [2.24, 2.45) is 0 Å². The van der Waals surface area contributed by atoms with E-state index in [1.165, 1.54) is 57.6 Å². The van der Waals surface area contributed by atoms with Gasteiger partial charge in [0.15, 0.2) is 0 Å². The molecule has 1 saturated heterocycles. The van der Waals surface area contributed by atoms with E-state index in [4.69, 9.17) is 0 Å². The molecule has 0 aromatic carbocycles. The first-order chi connectivity index (χ1) is 11.2. The summed E-state index contributed by atoms with van der Waals surface area (Å²) >= 11 is 0. The first-order valence-corrected chi connectivity index (χ1v) is 9.58. The van der Waals surface area contributed by atoms with E-state index < -0.39 is 0 Å². The molecule has 0 radical (unpaired) electrons. The van der Waals surface area contributed by atoms with Gasteiger partial charge >= 0.3 is 0 Å². The summed E-state index contributed by atoms with van der Waals surface area (Å²) in [5.41, 5.74) is 4.78. The largest absolute Gasteiger partial charge is 0.343 e. The maximum Gasteiger partial charge on any atom is 0.0548 e. The van der Waals surface area contributed by atoms with Gasteiger partial charge in [0.1, 0.15) is 0 Å². The van der Waals surface area contributed by atoms with Crippen molar-refractivity contribution >= 4 is 17.0 Å². The fourth-order valence-corrected chi connectivity index (χ4v) is 5.33. The van der Waals surface area contributed by atoms with Gasteiger partial charge in [-0.2, -0.15) is 0 Å². The fourth-order valence-electron chi connectivity index (χ4n) is 5.33. The Kier molecular flexibility index (Phi) is 5.58. The first kappa shape index (κ1) is 18.2. The Morgan fingerprint density at radius 1 is 1.17 bits per heavy atom. The molecule has 0 spiro atoms. The molecule has 3 heterocycles. The second-order valence-electron chi connectivity index (χ2n) is 7.58. The predicted molar refractivity (Wildman–Crippen MR) is 106 cm³/mol. The zero-order valence-corrected chi connectivity index (χ0v) is 17.1. The average Bonchev–Trinajstić information content (AvgIpc) is 2.94. The Morgan fingerprint density at radius 2 is 1.96 bits per heavy atom. The molecule has 0 amide bonds. The molecule has 0 saturated carbocycles. The number of fused-ring (bicyclic) bond motifs is 4. The van der Waals surface area contributed by atoms with E-state index in [9.17, 15) is 0 Å². The molecule has 24 heavy (non-hydrogen) atoms. The van der Waals surface area contributed by atoms with Crippen molar-refractivity contribution in [3.05, 3.63) is 35.2 Å². The van der Waals surface area contributed by atoms with E-state index >= 15 is 0 Å². The summed E-state index contributed by atoms with van der Waals surface area (Å²) in [5.74, 6) is 0. The molecule has 3 nitrogen and oxygen atoms in total. The summed E-state index contributed by atoms with van der Waals surface area (Å²) in [7, 11) is 0. The molecule has 4 heteroatoms. The number of piperazine rings is 1. The van der Waals surface area contributed by atoms with Crippen LogP contribution >= 0.6 is 17.0 Å². The molecule has 1 unspecified atom stereocenters. The lowest BCUT2D eigenvalue weighted by molar-refractivity contribution is -0.00257. The summed E-state index contributed by atoms with van der Waals surface area (Å²) in [6, 6.07) is 1.93. The summed E-state index contributed by atoms with van der Waals surface area (Å²) in [6.45, 7) is 11.9. The Labute approximate surface area is 157 Å². The number of rotatable bonds is 3. The lowest BCUT2D eigenvalue weighted by atomic mass is 9.84. The van der Waals surface area contributed by atoms with Crippen LogP contribution in [0.25, 0.3) is 0 Å². The smallest absolute Gasteiger partial charge is 0.0548 e. The molecular weight excluding hydrogens is 362 g/mol. The van der Waals surface area contributed by atoms with Crippen molar-refractivity contribution in [2.45, 2.75) is 64.6 Å². The van der Waals surface area contributed by atoms with Crippen LogP contribution < -0.4 is 0 Å². The van der Waals surface area contributed by atoms with E-state index in [0.29, 0.717) is 18.1 Å². The molecule has 0 aromatic rings. The van der Waals surface area contributed by atoms with Crippen molar-refractivity contribution < 1.29 is 0 Å². The standard InChI is InChI=1S/C20H31N3.BrH/c1-4-10-22-12-11-21(5-2)20-18-13-16-8-6-7-9-17(16)23(18)14-15(3)19(20)22;/h7,9,14,18-20H,4-6,8,10-13H2,1-3H3;1H/t18-,19?,20-;/m0./s1. The van der Waals surface area contributed by atoms with Crippen LogP contribution in [0.4, 0.5) is 0 Å². The summed E-state index contributed by atoms with van der Waals surface area (Å²) in [5, 5.41) is 0. The van der Waals surface area contributed by atoms with Gasteiger partial charge in [0.2, 0.25) is 0 Å². The molecule has 134 valence electrons. The first-order valence-electron chi connectivity index (χ1n) is 9.58. The van der Waals surface area contributed by atoms with Crippen LogP contribution in [-0.4, -0.2) is 59.0 Å². The third kappa shape index (κ3) is 2.81. The van der Waals surface area contributed by atoms with Gasteiger partial charge in [-0.3, -0.25) is 9.80 Å². The van der Waals surface area contributed by atoms with E-state index in [1.54, 1.807) is 11.1 Å². The Bertz CT molecular complexity index is 565. The van der Waals surface area contributed by atoms with Crippen molar-refractivity contribution in [1.29, 1.82) is 0 Å². The van der Waals surface area contributed by atoms with Gasteiger partial charge < -0.3 is 4.90 Å². The summed E-state index contributed by atoms with van der Waals surface area (Å²) < 4.78 is 0. The minimum Gasteiger partial charge on any atom is -0.343 e. The van der Waals surface area contributed by atoms with Gasteiger partial charge in [0.05, 0.1) is 12.1 Å². The van der Waals surface area contributed by atoms with Crippen LogP contribution in [0.1, 0.15) is 46.5 Å². The Morgan fingerprint density at radius 3 is 2.71 bits per heavy atom. The Hall–Kier alpha value is -0.580. The highest BCUT2D eigenvalue weighted by Crippen LogP contribution is 2.43. The number of hydrogen-bond donors (Lipinski definition) is 0. The molecule has 4 aliphatic rings. The molecular formula is C20H32BrN3. The van der Waals surface area contributed by atoms with Crippen LogP contribution in [0.15, 0.2) is 35.2 Å². The summed E-state index contributed by atoms with van der Waals surface area (Å²) in [6.07, 6.45) is 12.3. The van der Waals surface area contributed by atoms with Crippen LogP contribution in [0.5, 0.6) is 0 Å². The number of likely N-dealkylation sites (N-methyl/N-ethyl adjacent to an activating group) is 1. The molecule has 0 bridgehead atoms. The third-order valence-corrected chi connectivity index (χ3v) is 6.28. The van der Waals surface area contributed by atoms with Gasteiger partial charge in [0, 0.05) is 31.0 Å². The maximum atomic E-state index is 2.76. The number of hydrogen-bond acceptors (Lipinski definition) is 3.